The standard InChI is InChI=1S/C14H13ClSe/c15-14(12-7-3-1-4-8-12)11-16-13-9-5-2-6-10-13/h1-10,14H,11H2. The van der Waals surface area contributed by atoms with E-state index in [9.17, 15) is 0 Å². The fraction of sp³-hybridized carbons (Fsp3) is 0.143. The summed E-state index contributed by atoms with van der Waals surface area (Å²) in [5.41, 5.74) is 1.22. The fourth-order valence-electron chi connectivity index (χ4n) is 1.44. The normalized spacial score (nSPS) is 12.3. The van der Waals surface area contributed by atoms with Gasteiger partial charge in [-0.15, -0.1) is 0 Å². The Kier molecular flexibility index (Phi) is 4.47. The molecule has 0 aromatic heterocycles. The second-order valence-electron chi connectivity index (χ2n) is 3.50. The fourth-order valence-corrected chi connectivity index (χ4v) is 3.77. The van der Waals surface area contributed by atoms with Crippen LogP contribution < -0.4 is 4.46 Å². The molecule has 0 fully saturated rings. The summed E-state index contributed by atoms with van der Waals surface area (Å²) < 4.78 is 1.41. The van der Waals surface area contributed by atoms with Gasteiger partial charge in [0, 0.05) is 0 Å². The first-order valence-corrected chi connectivity index (χ1v) is 7.73. The molecule has 16 heavy (non-hydrogen) atoms. The number of benzene rings is 2. The first-order chi connectivity index (χ1) is 7.86. The van der Waals surface area contributed by atoms with Crippen molar-refractivity contribution >= 4 is 31.0 Å². The Hall–Kier alpha value is -0.751. The third-order valence-electron chi connectivity index (χ3n) is 2.30. The molecule has 0 spiro atoms. The zero-order valence-corrected chi connectivity index (χ0v) is 11.3. The van der Waals surface area contributed by atoms with Crippen molar-refractivity contribution < 1.29 is 0 Å². The monoisotopic (exact) mass is 296 g/mol. The van der Waals surface area contributed by atoms with Crippen LogP contribution in [0.3, 0.4) is 0 Å². The van der Waals surface area contributed by atoms with E-state index < -0.39 is 0 Å². The average Bonchev–Trinajstić information content (AvgIpc) is 2.38. The molecule has 1 unspecified atom stereocenters. The van der Waals surface area contributed by atoms with Gasteiger partial charge in [0.2, 0.25) is 0 Å². The van der Waals surface area contributed by atoms with Crippen LogP contribution in [0.2, 0.25) is 5.32 Å². The summed E-state index contributed by atoms with van der Waals surface area (Å²) in [7, 11) is 0. The summed E-state index contributed by atoms with van der Waals surface area (Å²) >= 11 is 6.83. The SMILES string of the molecule is ClC(C[Se]c1ccccc1)c1ccccc1. The first-order valence-electron chi connectivity index (χ1n) is 5.23. The first kappa shape index (κ1) is 11.7. The van der Waals surface area contributed by atoms with Crippen LogP contribution in [0, 0.1) is 0 Å². The molecule has 0 heterocycles. The minimum atomic E-state index is 0.140. The van der Waals surface area contributed by atoms with Gasteiger partial charge in [-0.1, -0.05) is 0 Å². The molecule has 0 amide bonds. The van der Waals surface area contributed by atoms with Crippen LogP contribution in [-0.2, 0) is 0 Å². The predicted octanol–water partition coefficient (Wildman–Crippen LogP) is 3.41. The van der Waals surface area contributed by atoms with Crippen LogP contribution in [0.4, 0.5) is 0 Å². The molecule has 0 bridgehead atoms. The molecule has 2 rings (SSSR count). The van der Waals surface area contributed by atoms with E-state index in [0.29, 0.717) is 15.0 Å². The van der Waals surface area contributed by atoms with Crippen LogP contribution in [0.5, 0.6) is 0 Å². The van der Waals surface area contributed by atoms with E-state index in [2.05, 4.69) is 42.5 Å². The Morgan fingerprint density at radius 2 is 1.44 bits per heavy atom. The third kappa shape index (κ3) is 3.38. The van der Waals surface area contributed by atoms with E-state index in [1.807, 2.05) is 18.2 Å². The molecular weight excluding hydrogens is 283 g/mol. The van der Waals surface area contributed by atoms with E-state index in [1.54, 1.807) is 0 Å². The van der Waals surface area contributed by atoms with Gasteiger partial charge in [-0.3, -0.25) is 0 Å². The van der Waals surface area contributed by atoms with E-state index in [0.717, 1.165) is 5.32 Å². The summed E-state index contributed by atoms with van der Waals surface area (Å²) in [5, 5.41) is 1.18. The zero-order valence-electron chi connectivity index (χ0n) is 8.84. The molecule has 0 aliphatic rings. The van der Waals surface area contributed by atoms with E-state index in [-0.39, 0.29) is 5.38 Å². The summed E-state index contributed by atoms with van der Waals surface area (Å²) in [4.78, 5) is 0. The van der Waals surface area contributed by atoms with Crippen molar-refractivity contribution in [2.24, 2.45) is 0 Å². The van der Waals surface area contributed by atoms with Crippen molar-refractivity contribution in [1.29, 1.82) is 0 Å². The summed E-state index contributed by atoms with van der Waals surface area (Å²) in [6.45, 7) is 0. The van der Waals surface area contributed by atoms with Crippen LogP contribution in [0.15, 0.2) is 60.7 Å². The van der Waals surface area contributed by atoms with Gasteiger partial charge in [0.1, 0.15) is 0 Å². The number of hydrogen-bond acceptors (Lipinski definition) is 0. The molecule has 0 saturated carbocycles. The molecule has 1 atom stereocenters. The molecule has 0 saturated heterocycles. The van der Waals surface area contributed by atoms with Gasteiger partial charge in [-0.2, -0.15) is 0 Å². The molecule has 0 aliphatic carbocycles. The number of halogens is 1. The third-order valence-corrected chi connectivity index (χ3v) is 5.44. The zero-order chi connectivity index (χ0) is 11.2. The van der Waals surface area contributed by atoms with Gasteiger partial charge in [-0.25, -0.2) is 0 Å². The maximum atomic E-state index is 6.37. The van der Waals surface area contributed by atoms with E-state index >= 15 is 0 Å². The Balaban J connectivity index is 1.92. The second-order valence-corrected chi connectivity index (χ2v) is 6.32. The molecule has 82 valence electrons. The van der Waals surface area contributed by atoms with Gasteiger partial charge in [0.05, 0.1) is 0 Å². The molecule has 0 nitrogen and oxygen atoms in total. The molecular formula is C14H13ClSe. The number of hydrogen-bond donors (Lipinski definition) is 0. The second kappa shape index (κ2) is 6.10. The Bertz CT molecular complexity index is 413. The number of alkyl halides is 1. The minimum absolute atomic E-state index is 0.140. The van der Waals surface area contributed by atoms with Crippen LogP contribution in [-0.4, -0.2) is 15.0 Å². The Morgan fingerprint density at radius 1 is 0.875 bits per heavy atom. The summed E-state index contributed by atoms with van der Waals surface area (Å²) in [6.07, 6.45) is 0. The molecule has 2 heteroatoms. The van der Waals surface area contributed by atoms with E-state index in [4.69, 9.17) is 11.6 Å². The molecule has 0 aliphatic heterocycles. The van der Waals surface area contributed by atoms with Crippen molar-refractivity contribution in [3.63, 3.8) is 0 Å². The predicted molar refractivity (Wildman–Crippen MR) is 71.7 cm³/mol. The average molecular weight is 296 g/mol. The number of rotatable bonds is 4. The van der Waals surface area contributed by atoms with Gasteiger partial charge >= 0.3 is 108 Å². The maximum absolute atomic E-state index is 6.37. The van der Waals surface area contributed by atoms with E-state index in [1.165, 1.54) is 10.0 Å². The van der Waals surface area contributed by atoms with Crippen molar-refractivity contribution in [3.8, 4) is 0 Å². The quantitative estimate of drug-likeness (QED) is 0.599. The summed E-state index contributed by atoms with van der Waals surface area (Å²) in [5.74, 6) is 0. The van der Waals surface area contributed by atoms with Crippen LogP contribution in [0.1, 0.15) is 10.9 Å². The Labute approximate surface area is 108 Å². The van der Waals surface area contributed by atoms with Crippen LogP contribution >= 0.6 is 11.6 Å². The van der Waals surface area contributed by atoms with Crippen molar-refractivity contribution in [2.75, 3.05) is 0 Å². The Morgan fingerprint density at radius 3 is 2.06 bits per heavy atom. The van der Waals surface area contributed by atoms with Crippen molar-refractivity contribution in [1.82, 2.24) is 0 Å². The van der Waals surface area contributed by atoms with Gasteiger partial charge in [0.15, 0.2) is 0 Å². The van der Waals surface area contributed by atoms with Gasteiger partial charge in [0.25, 0.3) is 0 Å². The van der Waals surface area contributed by atoms with Crippen molar-refractivity contribution in [3.05, 3.63) is 66.2 Å². The van der Waals surface area contributed by atoms with Crippen LogP contribution in [0.25, 0.3) is 0 Å². The molecule has 0 N–H and O–H groups in total. The molecule has 2 aromatic rings. The topological polar surface area (TPSA) is 0 Å². The molecule has 0 radical (unpaired) electrons. The van der Waals surface area contributed by atoms with Gasteiger partial charge < -0.3 is 0 Å². The van der Waals surface area contributed by atoms with Gasteiger partial charge in [-0.05, 0) is 0 Å². The summed E-state index contributed by atoms with van der Waals surface area (Å²) in [6, 6.07) is 20.9. The van der Waals surface area contributed by atoms with Crippen molar-refractivity contribution in [2.45, 2.75) is 10.7 Å². The molecule has 2 aromatic carbocycles.